The highest BCUT2D eigenvalue weighted by molar-refractivity contribution is 7.71. The lowest BCUT2D eigenvalue weighted by molar-refractivity contribution is -0.278. The number of imide groups is 1. The Bertz CT molecular complexity index is 1400. The van der Waals surface area contributed by atoms with E-state index < -0.39 is 29.4 Å². The van der Waals surface area contributed by atoms with Crippen molar-refractivity contribution in [2.45, 2.75) is 13.0 Å². The number of urea groups is 1. The van der Waals surface area contributed by atoms with Crippen molar-refractivity contribution in [3.05, 3.63) is 50.5 Å². The lowest BCUT2D eigenvalue weighted by Crippen LogP contribution is -2.63. The molecule has 0 aliphatic carbocycles. The normalized spacial score (nSPS) is 18.1. The molecule has 1 saturated heterocycles. The highest BCUT2D eigenvalue weighted by Gasteiger charge is 2.53. The number of nitrogens with one attached hydrogen (secondary N) is 2. The van der Waals surface area contributed by atoms with Gasteiger partial charge in [0, 0.05) is 19.8 Å². The van der Waals surface area contributed by atoms with Crippen molar-refractivity contribution in [3.8, 4) is 11.6 Å². The van der Waals surface area contributed by atoms with Crippen molar-refractivity contribution in [3.63, 3.8) is 0 Å². The minimum Gasteiger partial charge on any atom is -0.859 e. The molecule has 2 aliphatic heterocycles. The molecule has 3 heterocycles. The summed E-state index contributed by atoms with van der Waals surface area (Å²) in [5.41, 5.74) is 3.05. The molecule has 0 radical (unpaired) electrons. The van der Waals surface area contributed by atoms with E-state index in [-0.39, 0.29) is 22.1 Å². The molecule has 33 heavy (non-hydrogen) atoms. The van der Waals surface area contributed by atoms with Gasteiger partial charge < -0.3 is 9.67 Å². The van der Waals surface area contributed by atoms with Gasteiger partial charge in [0.05, 0.1) is 18.8 Å². The molecule has 4 rings (SSSR count). The molecule has 1 unspecified atom stereocenters. The van der Waals surface area contributed by atoms with Crippen LogP contribution in [0.25, 0.3) is 5.69 Å². The first-order valence-electron chi connectivity index (χ1n) is 9.78. The number of H-pyrrole nitrogens is 1. The number of aromatic amines is 1. The smallest absolute Gasteiger partial charge is 0.421 e. The number of hydrazone groups is 1. The van der Waals surface area contributed by atoms with E-state index in [4.69, 9.17) is 12.2 Å². The van der Waals surface area contributed by atoms with Gasteiger partial charge in [0.2, 0.25) is 6.04 Å². The third-order valence-corrected chi connectivity index (χ3v) is 5.77. The predicted molar refractivity (Wildman–Crippen MR) is 122 cm³/mol. The minimum atomic E-state index is -0.795. The van der Waals surface area contributed by atoms with Crippen LogP contribution in [0.4, 0.5) is 4.79 Å². The Balaban J connectivity index is 1.67. The number of para-hydroxylation sites is 1. The third-order valence-electron chi connectivity index (χ3n) is 5.48. The van der Waals surface area contributed by atoms with Crippen LogP contribution in [-0.2, 0) is 4.79 Å². The number of amides is 3. The molecule has 13 heteroatoms. The minimum absolute atomic E-state index is 0.0277. The fourth-order valence-electron chi connectivity index (χ4n) is 3.61. The Kier molecular flexibility index (Phi) is 5.36. The maximum Gasteiger partial charge on any atom is 0.421 e. The SMILES string of the molecule is Cc1ccccc1-n1c([O-])c(/C=N/NC2=[N+]=C3C(C(=O)N(C)C(=O)N3C)N2C)c(=O)[nH]c1=S. The summed E-state index contributed by atoms with van der Waals surface area (Å²) in [6.45, 7) is 1.82. The van der Waals surface area contributed by atoms with Gasteiger partial charge in [-0.1, -0.05) is 18.2 Å². The molecular formula is C20H20N8O4S. The van der Waals surface area contributed by atoms with E-state index in [0.717, 1.165) is 16.7 Å². The molecule has 2 N–H and O–H groups in total. The summed E-state index contributed by atoms with van der Waals surface area (Å²) in [6, 6.07) is 5.83. The second-order valence-electron chi connectivity index (χ2n) is 7.52. The fourth-order valence-corrected chi connectivity index (χ4v) is 3.89. The average molecular weight is 468 g/mol. The van der Waals surface area contributed by atoms with Gasteiger partial charge in [0.1, 0.15) is 0 Å². The van der Waals surface area contributed by atoms with Gasteiger partial charge in [-0.3, -0.25) is 19.5 Å². The molecule has 1 aromatic carbocycles. The maximum atomic E-state index is 13.0. The van der Waals surface area contributed by atoms with Crippen LogP contribution in [0.3, 0.4) is 0 Å². The summed E-state index contributed by atoms with van der Waals surface area (Å²) in [5, 5.41) is 17.0. The Hall–Kier alpha value is -4.22. The van der Waals surface area contributed by atoms with Gasteiger partial charge in [-0.25, -0.2) is 19.3 Å². The van der Waals surface area contributed by atoms with Crippen LogP contribution in [0.15, 0.2) is 34.2 Å². The summed E-state index contributed by atoms with van der Waals surface area (Å²) in [5.74, 6) is -0.641. The summed E-state index contributed by atoms with van der Waals surface area (Å²) in [6.07, 6.45) is 1.07. The average Bonchev–Trinajstić information content (AvgIpc) is 3.10. The van der Waals surface area contributed by atoms with Crippen LogP contribution in [0.1, 0.15) is 11.1 Å². The summed E-state index contributed by atoms with van der Waals surface area (Å²) in [4.78, 5) is 43.3. The van der Waals surface area contributed by atoms with E-state index in [1.165, 1.54) is 28.5 Å². The molecule has 170 valence electrons. The first kappa shape index (κ1) is 22.0. The third kappa shape index (κ3) is 3.49. The highest BCUT2D eigenvalue weighted by Crippen LogP contribution is 2.19. The fraction of sp³-hybridized carbons (Fsp3) is 0.250. The first-order valence-corrected chi connectivity index (χ1v) is 10.2. The maximum absolute atomic E-state index is 13.0. The zero-order valence-electron chi connectivity index (χ0n) is 18.2. The topological polar surface area (TPSA) is 143 Å². The van der Waals surface area contributed by atoms with Crippen LogP contribution in [0.5, 0.6) is 5.88 Å². The van der Waals surface area contributed by atoms with Crippen molar-refractivity contribution < 1.29 is 14.7 Å². The first-order chi connectivity index (χ1) is 15.6. The molecule has 2 aliphatic rings. The van der Waals surface area contributed by atoms with Crippen LogP contribution in [-0.4, -0.2) is 81.4 Å². The molecule has 2 aromatic rings. The predicted octanol–water partition coefficient (Wildman–Crippen LogP) is -1.14. The Labute approximate surface area is 192 Å². The van der Waals surface area contributed by atoms with E-state index >= 15 is 0 Å². The van der Waals surface area contributed by atoms with Crippen LogP contribution >= 0.6 is 12.2 Å². The summed E-state index contributed by atoms with van der Waals surface area (Å²) < 4.78 is 5.48. The zero-order chi connectivity index (χ0) is 24.0. The second kappa shape index (κ2) is 8.04. The number of hydrogen-bond donors (Lipinski definition) is 2. The van der Waals surface area contributed by atoms with Crippen molar-refractivity contribution in [1.82, 2.24) is 34.3 Å². The van der Waals surface area contributed by atoms with Gasteiger partial charge in [-0.2, -0.15) is 5.43 Å². The Morgan fingerprint density at radius 2 is 1.88 bits per heavy atom. The molecule has 0 saturated carbocycles. The molecule has 0 bridgehead atoms. The largest absolute Gasteiger partial charge is 0.859 e. The van der Waals surface area contributed by atoms with E-state index in [1.54, 1.807) is 19.2 Å². The molecule has 1 atom stereocenters. The highest BCUT2D eigenvalue weighted by atomic mass is 32.1. The number of guanidine groups is 1. The molecule has 1 fully saturated rings. The van der Waals surface area contributed by atoms with Gasteiger partial charge in [-0.05, 0) is 36.7 Å². The number of likely N-dealkylation sites (N-methyl/N-ethyl adjacent to an activating group) is 3. The molecule has 3 amide bonds. The number of aromatic nitrogens is 2. The van der Waals surface area contributed by atoms with Gasteiger partial charge in [-0.15, -0.1) is 5.10 Å². The number of amidine groups is 1. The molecular weight excluding hydrogens is 448 g/mol. The number of fused-ring (bicyclic) bond motifs is 1. The second-order valence-corrected chi connectivity index (χ2v) is 7.90. The van der Waals surface area contributed by atoms with Crippen molar-refractivity contribution in [1.29, 1.82) is 0 Å². The van der Waals surface area contributed by atoms with Crippen molar-refractivity contribution >= 4 is 42.2 Å². The zero-order valence-corrected chi connectivity index (χ0v) is 19.0. The van der Waals surface area contributed by atoms with E-state index in [9.17, 15) is 19.5 Å². The lowest BCUT2D eigenvalue weighted by atomic mass is 10.1. The van der Waals surface area contributed by atoms with Crippen molar-refractivity contribution in [2.75, 3.05) is 21.1 Å². The quantitative estimate of drug-likeness (QED) is 0.251. The van der Waals surface area contributed by atoms with E-state index in [2.05, 4.69) is 20.2 Å². The standard InChI is InChI=1S/C20H20N8O4S/c1-10-7-5-6-8-12(10)28-16(30)11(15(29)23-19(28)33)9-21-24-18-22-14-13(25(18)2)17(31)27(4)20(32)26(14)3/h5-9,13H,1-4H3,(H2,21,23,29,30,33). The molecule has 0 spiro atoms. The van der Waals surface area contributed by atoms with Crippen LogP contribution in [0.2, 0.25) is 0 Å². The number of carbonyl (C=O) groups excluding carboxylic acids is 2. The van der Waals surface area contributed by atoms with Gasteiger partial charge >= 0.3 is 17.8 Å². The number of carbonyl (C=O) groups is 2. The lowest BCUT2D eigenvalue weighted by Gasteiger charge is -2.30. The number of hydrogen-bond acceptors (Lipinski definition) is 8. The van der Waals surface area contributed by atoms with Gasteiger partial charge in [0.15, 0.2) is 4.77 Å². The Morgan fingerprint density at radius 3 is 2.58 bits per heavy atom. The number of aryl methyl sites for hydroxylation is 1. The van der Waals surface area contributed by atoms with Crippen LogP contribution < -0.4 is 20.8 Å². The van der Waals surface area contributed by atoms with E-state index in [1.807, 2.05) is 19.1 Å². The molecule has 12 nitrogen and oxygen atoms in total. The summed E-state index contributed by atoms with van der Waals surface area (Å²) >= 11 is 5.19. The number of nitrogens with zero attached hydrogens (tertiary/aromatic N) is 6. The Morgan fingerprint density at radius 1 is 1.18 bits per heavy atom. The van der Waals surface area contributed by atoms with E-state index in [0.29, 0.717) is 5.69 Å². The van der Waals surface area contributed by atoms with Gasteiger partial charge in [0.25, 0.3) is 11.5 Å². The van der Waals surface area contributed by atoms with Crippen molar-refractivity contribution in [2.24, 2.45) is 5.10 Å². The molecule has 1 aromatic heterocycles. The monoisotopic (exact) mass is 468 g/mol. The number of benzene rings is 1. The summed E-state index contributed by atoms with van der Waals surface area (Å²) in [7, 11) is 4.52. The van der Waals surface area contributed by atoms with Crippen LogP contribution in [0, 0.1) is 11.7 Å². The number of rotatable bonds is 3.